The van der Waals surface area contributed by atoms with E-state index in [9.17, 15) is 8.42 Å². The van der Waals surface area contributed by atoms with Crippen LogP contribution in [-0.2, 0) is 10.5 Å². The normalized spacial score (nSPS) is 17.6. The van der Waals surface area contributed by atoms with Gasteiger partial charge in [-0.1, -0.05) is 67.1 Å². The molecule has 1 fully saturated rings. The Balaban J connectivity index is 1.98. The topological polar surface area (TPSA) is 61.8 Å². The lowest BCUT2D eigenvalue weighted by atomic mass is 9.94. The number of hydrogen-bond acceptors (Lipinski definition) is 5. The second-order valence-electron chi connectivity index (χ2n) is 6.24. The van der Waals surface area contributed by atoms with Gasteiger partial charge in [-0.05, 0) is 24.0 Å². The highest BCUT2D eigenvalue weighted by Crippen LogP contribution is 2.33. The monoisotopic (exact) mass is 357 g/mol. The molecule has 0 aliphatic carbocycles. The molecule has 1 aliphatic heterocycles. The zero-order chi connectivity index (χ0) is 17.5. The summed E-state index contributed by atoms with van der Waals surface area (Å²) in [5.74, 6) is 0. The summed E-state index contributed by atoms with van der Waals surface area (Å²) in [7, 11) is -2.48. The van der Waals surface area contributed by atoms with E-state index in [1.165, 1.54) is 6.42 Å². The van der Waals surface area contributed by atoms with E-state index < -0.39 is 16.5 Å². The summed E-state index contributed by atoms with van der Waals surface area (Å²) >= 11 is 0. The summed E-state index contributed by atoms with van der Waals surface area (Å²) in [6.07, 6.45) is 3.54. The molecule has 0 amide bonds. The van der Waals surface area contributed by atoms with Crippen LogP contribution in [0, 0.1) is 0 Å². The standard InChI is InChI=1S/C19H23N3O2S/c23-25(24)21-19(17-12-6-2-7-13-17)18(16-10-4-1-5-11-16)20-22-14-8-3-9-15-22/h1-2,4-7,10-13,18-20H,3,8-9,14-15H2/t18-,19-/m0/s1. The maximum atomic E-state index is 11.4. The van der Waals surface area contributed by atoms with Crippen LogP contribution in [0.25, 0.3) is 0 Å². The van der Waals surface area contributed by atoms with Gasteiger partial charge in [0.1, 0.15) is 6.04 Å². The maximum absolute atomic E-state index is 11.4. The highest BCUT2D eigenvalue weighted by molar-refractivity contribution is 7.61. The van der Waals surface area contributed by atoms with Crippen LogP contribution in [0.4, 0.5) is 0 Å². The van der Waals surface area contributed by atoms with E-state index in [-0.39, 0.29) is 6.04 Å². The summed E-state index contributed by atoms with van der Waals surface area (Å²) in [5.41, 5.74) is 5.45. The number of rotatable bonds is 6. The number of piperidine rings is 1. The quantitative estimate of drug-likeness (QED) is 0.859. The number of hydrogen-bond donors (Lipinski definition) is 1. The fourth-order valence-corrected chi connectivity index (χ4v) is 3.69. The van der Waals surface area contributed by atoms with Crippen molar-refractivity contribution in [3.05, 3.63) is 71.8 Å². The molecule has 1 heterocycles. The molecule has 0 radical (unpaired) electrons. The molecule has 2 aromatic rings. The first-order valence-corrected chi connectivity index (χ1v) is 9.68. The minimum atomic E-state index is -2.48. The molecular formula is C19H23N3O2S. The van der Waals surface area contributed by atoms with E-state index >= 15 is 0 Å². The Bertz CT molecular complexity index is 780. The van der Waals surface area contributed by atoms with Crippen molar-refractivity contribution in [3.8, 4) is 0 Å². The van der Waals surface area contributed by atoms with Crippen molar-refractivity contribution in [3.63, 3.8) is 0 Å². The lowest BCUT2D eigenvalue weighted by Gasteiger charge is -2.34. The first kappa shape index (κ1) is 17.8. The molecule has 0 saturated carbocycles. The van der Waals surface area contributed by atoms with Crippen molar-refractivity contribution in [2.45, 2.75) is 31.3 Å². The fraction of sp³-hybridized carbons (Fsp3) is 0.368. The van der Waals surface area contributed by atoms with E-state index in [0.29, 0.717) is 0 Å². The van der Waals surface area contributed by atoms with Gasteiger partial charge in [0.15, 0.2) is 0 Å². The van der Waals surface area contributed by atoms with Crippen LogP contribution in [0.2, 0.25) is 0 Å². The number of hydrazine groups is 1. The van der Waals surface area contributed by atoms with Crippen molar-refractivity contribution >= 4 is 10.5 Å². The van der Waals surface area contributed by atoms with Crippen LogP contribution < -0.4 is 5.43 Å². The third kappa shape index (κ3) is 4.98. The smallest absolute Gasteiger partial charge is 0.245 e. The Morgan fingerprint density at radius 3 is 1.96 bits per heavy atom. The molecule has 0 unspecified atom stereocenters. The van der Waals surface area contributed by atoms with E-state index in [1.807, 2.05) is 60.7 Å². The largest absolute Gasteiger partial charge is 0.311 e. The summed E-state index contributed by atoms with van der Waals surface area (Å²) in [6, 6.07) is 18.8. The summed E-state index contributed by atoms with van der Waals surface area (Å²) in [5, 5.41) is 2.19. The predicted octanol–water partition coefficient (Wildman–Crippen LogP) is 3.52. The molecule has 1 saturated heterocycles. The van der Waals surface area contributed by atoms with Gasteiger partial charge in [-0.2, -0.15) is 12.8 Å². The molecule has 3 rings (SSSR count). The molecule has 2 aromatic carbocycles. The van der Waals surface area contributed by atoms with Gasteiger partial charge in [-0.3, -0.25) is 0 Å². The molecular weight excluding hydrogens is 334 g/mol. The molecule has 1 N–H and O–H groups in total. The summed E-state index contributed by atoms with van der Waals surface area (Å²) in [6.45, 7) is 1.93. The average Bonchev–Trinajstić information content (AvgIpc) is 2.66. The van der Waals surface area contributed by atoms with E-state index in [4.69, 9.17) is 0 Å². The van der Waals surface area contributed by atoms with Gasteiger partial charge < -0.3 is 0 Å². The molecule has 1 aliphatic rings. The number of benzene rings is 2. The van der Waals surface area contributed by atoms with Crippen LogP contribution >= 0.6 is 0 Å². The molecule has 5 nitrogen and oxygen atoms in total. The average molecular weight is 357 g/mol. The van der Waals surface area contributed by atoms with Gasteiger partial charge in [0, 0.05) is 13.1 Å². The van der Waals surface area contributed by atoms with Gasteiger partial charge in [0.25, 0.3) is 0 Å². The minimum absolute atomic E-state index is 0.236. The molecule has 0 spiro atoms. The highest BCUT2D eigenvalue weighted by Gasteiger charge is 2.27. The minimum Gasteiger partial charge on any atom is -0.245 e. The molecule has 25 heavy (non-hydrogen) atoms. The zero-order valence-electron chi connectivity index (χ0n) is 14.1. The van der Waals surface area contributed by atoms with Crippen molar-refractivity contribution in [2.75, 3.05) is 13.1 Å². The van der Waals surface area contributed by atoms with Crippen LogP contribution in [-0.4, -0.2) is 26.5 Å². The van der Waals surface area contributed by atoms with Crippen molar-refractivity contribution in [1.29, 1.82) is 0 Å². The highest BCUT2D eigenvalue weighted by atomic mass is 32.2. The molecule has 2 atom stereocenters. The third-order valence-corrected chi connectivity index (χ3v) is 4.89. The van der Waals surface area contributed by atoms with Gasteiger partial charge in [0.2, 0.25) is 0 Å². The van der Waals surface area contributed by atoms with Gasteiger partial charge in [-0.15, -0.1) is 0 Å². The molecule has 0 aromatic heterocycles. The SMILES string of the molecule is O=S(=O)=N[C@@H](c1ccccc1)[C@@H](NN1CCCCC1)c1ccccc1. The van der Waals surface area contributed by atoms with Crippen LogP contribution in [0.1, 0.15) is 42.5 Å². The van der Waals surface area contributed by atoms with Crippen LogP contribution in [0.15, 0.2) is 65.0 Å². The van der Waals surface area contributed by atoms with E-state index in [0.717, 1.165) is 37.1 Å². The second kappa shape index (κ2) is 8.89. The van der Waals surface area contributed by atoms with Crippen LogP contribution in [0.3, 0.4) is 0 Å². The van der Waals surface area contributed by atoms with Gasteiger partial charge in [0.05, 0.1) is 6.04 Å². The predicted molar refractivity (Wildman–Crippen MR) is 98.3 cm³/mol. The van der Waals surface area contributed by atoms with Gasteiger partial charge >= 0.3 is 10.5 Å². The maximum Gasteiger partial charge on any atom is 0.311 e. The Morgan fingerprint density at radius 2 is 1.40 bits per heavy atom. The van der Waals surface area contributed by atoms with E-state index in [1.54, 1.807) is 0 Å². The second-order valence-corrected chi connectivity index (χ2v) is 6.89. The number of nitrogens with zero attached hydrogens (tertiary/aromatic N) is 2. The number of nitrogens with one attached hydrogen (secondary N) is 1. The molecule has 6 heteroatoms. The van der Waals surface area contributed by atoms with Crippen molar-refractivity contribution in [1.82, 2.24) is 10.4 Å². The summed E-state index contributed by atoms with van der Waals surface area (Å²) < 4.78 is 26.8. The lowest BCUT2D eigenvalue weighted by Crippen LogP contribution is -2.45. The first-order chi connectivity index (χ1) is 12.2. The summed E-state index contributed by atoms with van der Waals surface area (Å²) in [4.78, 5) is 0. The zero-order valence-corrected chi connectivity index (χ0v) is 14.9. The van der Waals surface area contributed by atoms with Crippen LogP contribution in [0.5, 0.6) is 0 Å². The third-order valence-electron chi connectivity index (χ3n) is 4.49. The fourth-order valence-electron chi connectivity index (χ4n) is 3.26. The van der Waals surface area contributed by atoms with Crippen molar-refractivity contribution in [2.24, 2.45) is 4.36 Å². The molecule has 132 valence electrons. The Hall–Kier alpha value is -2.02. The van der Waals surface area contributed by atoms with E-state index in [2.05, 4.69) is 14.8 Å². The molecule has 0 bridgehead atoms. The van der Waals surface area contributed by atoms with Gasteiger partial charge in [-0.25, -0.2) is 10.4 Å². The lowest BCUT2D eigenvalue weighted by molar-refractivity contribution is 0.120. The Morgan fingerprint density at radius 1 is 0.840 bits per heavy atom. The Labute approximate surface area is 150 Å². The first-order valence-electron chi connectivity index (χ1n) is 8.65. The Kier molecular flexibility index (Phi) is 6.33. The van der Waals surface area contributed by atoms with Crippen molar-refractivity contribution < 1.29 is 8.42 Å².